The van der Waals surface area contributed by atoms with E-state index in [9.17, 15) is 5.11 Å². The van der Waals surface area contributed by atoms with Crippen molar-refractivity contribution in [1.29, 1.82) is 0 Å². The smallest absolute Gasteiger partial charge is 0.128 e. The van der Waals surface area contributed by atoms with Crippen LogP contribution in [0, 0.1) is 0 Å². The minimum atomic E-state index is -0.532. The summed E-state index contributed by atoms with van der Waals surface area (Å²) in [5.41, 5.74) is 0.801. The van der Waals surface area contributed by atoms with Gasteiger partial charge in [-0.05, 0) is 12.1 Å². The molecule has 0 heterocycles. The summed E-state index contributed by atoms with van der Waals surface area (Å²) in [6.45, 7) is 6.40. The first-order valence-electron chi connectivity index (χ1n) is 5.91. The van der Waals surface area contributed by atoms with Crippen molar-refractivity contribution < 1.29 is 14.6 Å². The second-order valence-corrected chi connectivity index (χ2v) is 6.89. The Bertz CT molecular complexity index is 385. The number of aliphatic hydroxyl groups excluding tert-OH is 1. The summed E-state index contributed by atoms with van der Waals surface area (Å²) in [6, 6.07) is 5.48. The molecule has 1 unspecified atom stereocenters. The summed E-state index contributed by atoms with van der Waals surface area (Å²) < 4.78 is 10.6. The number of hydrogen-bond donors (Lipinski definition) is 1. The Hall–Kier alpha value is -0.870. The van der Waals surface area contributed by atoms with Crippen LogP contribution in [0.3, 0.4) is 0 Å². The fourth-order valence-electron chi connectivity index (χ4n) is 1.51. The van der Waals surface area contributed by atoms with Gasteiger partial charge in [-0.1, -0.05) is 20.8 Å². The quantitative estimate of drug-likeness (QED) is 0.891. The average Bonchev–Trinajstić information content (AvgIpc) is 2.34. The van der Waals surface area contributed by atoms with E-state index in [2.05, 4.69) is 20.8 Å². The van der Waals surface area contributed by atoms with Gasteiger partial charge < -0.3 is 14.6 Å². The van der Waals surface area contributed by atoms with Crippen LogP contribution in [0.5, 0.6) is 11.5 Å². The van der Waals surface area contributed by atoms with Gasteiger partial charge >= 0.3 is 0 Å². The Labute approximate surface area is 113 Å². The van der Waals surface area contributed by atoms with E-state index in [1.807, 2.05) is 12.1 Å². The van der Waals surface area contributed by atoms with Gasteiger partial charge in [-0.15, -0.1) is 0 Å². The lowest BCUT2D eigenvalue weighted by Crippen LogP contribution is -2.12. The van der Waals surface area contributed by atoms with E-state index < -0.39 is 6.10 Å². The van der Waals surface area contributed by atoms with Gasteiger partial charge in [-0.2, -0.15) is 11.8 Å². The minimum absolute atomic E-state index is 0.140. The highest BCUT2D eigenvalue weighted by Crippen LogP contribution is 2.33. The summed E-state index contributed by atoms with van der Waals surface area (Å²) in [5, 5.41) is 10.2. The third-order valence-corrected chi connectivity index (χ3v) is 3.82. The van der Waals surface area contributed by atoms with Crippen LogP contribution in [-0.2, 0) is 0 Å². The summed E-state index contributed by atoms with van der Waals surface area (Å²) in [6.07, 6.45) is -0.532. The van der Waals surface area contributed by atoms with Gasteiger partial charge in [-0.25, -0.2) is 0 Å². The number of methoxy groups -OCH3 is 2. The van der Waals surface area contributed by atoms with Gasteiger partial charge in [-0.3, -0.25) is 0 Å². The largest absolute Gasteiger partial charge is 0.497 e. The molecule has 3 nitrogen and oxygen atoms in total. The average molecular weight is 270 g/mol. The lowest BCUT2D eigenvalue weighted by atomic mass is 10.1. The number of hydrogen-bond acceptors (Lipinski definition) is 4. The molecule has 0 spiro atoms. The van der Waals surface area contributed by atoms with E-state index in [4.69, 9.17) is 9.47 Å². The number of rotatable bonds is 5. The molecular weight excluding hydrogens is 248 g/mol. The van der Waals surface area contributed by atoms with Crippen molar-refractivity contribution in [1.82, 2.24) is 0 Å². The first kappa shape index (κ1) is 15.2. The van der Waals surface area contributed by atoms with Gasteiger partial charge in [0.15, 0.2) is 0 Å². The maximum Gasteiger partial charge on any atom is 0.128 e. The highest BCUT2D eigenvalue weighted by molar-refractivity contribution is 8.00. The van der Waals surface area contributed by atoms with Crippen molar-refractivity contribution in [2.75, 3.05) is 20.0 Å². The first-order chi connectivity index (χ1) is 8.37. The van der Waals surface area contributed by atoms with Crippen molar-refractivity contribution >= 4 is 11.8 Å². The first-order valence-corrected chi connectivity index (χ1v) is 6.90. The third kappa shape index (κ3) is 4.42. The molecular formula is C14H22O3S. The van der Waals surface area contributed by atoms with Crippen LogP contribution in [0.2, 0.25) is 0 Å². The molecule has 0 amide bonds. The van der Waals surface area contributed by atoms with E-state index in [0.717, 1.165) is 11.3 Å². The van der Waals surface area contributed by atoms with E-state index in [0.29, 0.717) is 11.5 Å². The zero-order valence-corrected chi connectivity index (χ0v) is 12.5. The number of benzene rings is 1. The lowest BCUT2D eigenvalue weighted by molar-refractivity contribution is 0.198. The van der Waals surface area contributed by atoms with Gasteiger partial charge in [0.1, 0.15) is 11.5 Å². The molecule has 0 radical (unpaired) electrons. The molecule has 4 heteroatoms. The molecule has 1 rings (SSSR count). The molecule has 18 heavy (non-hydrogen) atoms. The van der Waals surface area contributed by atoms with E-state index in [1.165, 1.54) is 0 Å². The van der Waals surface area contributed by atoms with Crippen LogP contribution in [-0.4, -0.2) is 29.8 Å². The Morgan fingerprint density at radius 1 is 1.22 bits per heavy atom. The highest BCUT2D eigenvalue weighted by Gasteiger charge is 2.18. The second kappa shape index (κ2) is 6.34. The van der Waals surface area contributed by atoms with Crippen molar-refractivity contribution in [3.05, 3.63) is 23.8 Å². The zero-order valence-electron chi connectivity index (χ0n) is 11.7. The Morgan fingerprint density at radius 2 is 1.89 bits per heavy atom. The normalized spacial score (nSPS) is 13.2. The highest BCUT2D eigenvalue weighted by atomic mass is 32.2. The predicted molar refractivity (Wildman–Crippen MR) is 76.7 cm³/mol. The second-order valence-electron chi connectivity index (χ2n) is 5.05. The van der Waals surface area contributed by atoms with E-state index in [-0.39, 0.29) is 4.75 Å². The van der Waals surface area contributed by atoms with Crippen LogP contribution in [0.15, 0.2) is 18.2 Å². The molecule has 0 aromatic heterocycles. The van der Waals surface area contributed by atoms with Gasteiger partial charge in [0.2, 0.25) is 0 Å². The Kier molecular flexibility index (Phi) is 5.35. The molecule has 0 fully saturated rings. The number of ether oxygens (including phenoxy) is 2. The summed E-state index contributed by atoms with van der Waals surface area (Å²) in [4.78, 5) is 0. The molecule has 0 aliphatic rings. The molecule has 1 N–H and O–H groups in total. The number of aliphatic hydroxyl groups is 1. The van der Waals surface area contributed by atoms with Crippen molar-refractivity contribution in [2.45, 2.75) is 31.6 Å². The van der Waals surface area contributed by atoms with Crippen molar-refractivity contribution in [3.8, 4) is 11.5 Å². The maximum absolute atomic E-state index is 10.2. The molecule has 102 valence electrons. The molecule has 1 aromatic carbocycles. The fraction of sp³-hybridized carbons (Fsp3) is 0.571. The molecule has 0 aliphatic heterocycles. The summed E-state index contributed by atoms with van der Waals surface area (Å²) >= 11 is 1.73. The predicted octanol–water partition coefficient (Wildman–Crippen LogP) is 3.27. The molecule has 0 aliphatic carbocycles. The number of thioether (sulfide) groups is 1. The van der Waals surface area contributed by atoms with E-state index >= 15 is 0 Å². The third-order valence-electron chi connectivity index (χ3n) is 2.47. The fourth-order valence-corrected chi connectivity index (χ4v) is 2.35. The molecule has 0 saturated carbocycles. The molecule has 0 saturated heterocycles. The zero-order chi connectivity index (χ0) is 13.8. The van der Waals surface area contributed by atoms with Crippen LogP contribution in [0.25, 0.3) is 0 Å². The molecule has 1 atom stereocenters. The van der Waals surface area contributed by atoms with Gasteiger partial charge in [0.05, 0.1) is 20.3 Å². The van der Waals surface area contributed by atoms with Crippen LogP contribution >= 0.6 is 11.8 Å². The minimum Gasteiger partial charge on any atom is -0.497 e. The lowest BCUT2D eigenvalue weighted by Gasteiger charge is -2.21. The Morgan fingerprint density at radius 3 is 2.39 bits per heavy atom. The SMILES string of the molecule is COc1ccc(C(O)CSC(C)(C)C)c(OC)c1. The van der Waals surface area contributed by atoms with Gasteiger partial charge in [0, 0.05) is 22.1 Å². The summed E-state index contributed by atoms with van der Waals surface area (Å²) in [7, 11) is 3.21. The van der Waals surface area contributed by atoms with Crippen molar-refractivity contribution in [3.63, 3.8) is 0 Å². The molecule has 1 aromatic rings. The standard InChI is InChI=1S/C14H22O3S/c1-14(2,3)18-9-12(15)11-7-6-10(16-4)8-13(11)17-5/h6-8,12,15H,9H2,1-5H3. The molecule has 0 bridgehead atoms. The topological polar surface area (TPSA) is 38.7 Å². The maximum atomic E-state index is 10.2. The van der Waals surface area contributed by atoms with E-state index in [1.54, 1.807) is 32.0 Å². The summed E-state index contributed by atoms with van der Waals surface area (Å²) in [5.74, 6) is 2.04. The van der Waals surface area contributed by atoms with Crippen LogP contribution in [0.1, 0.15) is 32.4 Å². The van der Waals surface area contributed by atoms with Gasteiger partial charge in [0.25, 0.3) is 0 Å². The monoisotopic (exact) mass is 270 g/mol. The van der Waals surface area contributed by atoms with Crippen LogP contribution < -0.4 is 9.47 Å². The van der Waals surface area contributed by atoms with Crippen LogP contribution in [0.4, 0.5) is 0 Å². The Balaban J connectivity index is 2.81. The van der Waals surface area contributed by atoms with Crippen molar-refractivity contribution in [2.24, 2.45) is 0 Å².